The molecule has 0 bridgehead atoms. The summed E-state index contributed by atoms with van der Waals surface area (Å²) < 4.78 is 5.05. The molecule has 2 heterocycles. The molecule has 142 valence electrons. The van der Waals surface area contributed by atoms with Crippen molar-refractivity contribution in [1.82, 2.24) is 20.6 Å². The summed E-state index contributed by atoms with van der Waals surface area (Å²) in [5.41, 5.74) is 0.882. The van der Waals surface area contributed by atoms with E-state index in [1.807, 2.05) is 36.4 Å². The van der Waals surface area contributed by atoms with Crippen molar-refractivity contribution in [2.75, 3.05) is 24.5 Å². The molecule has 27 heavy (non-hydrogen) atoms. The van der Waals surface area contributed by atoms with Crippen LogP contribution in [0.3, 0.4) is 0 Å². The number of nitrogens with zero attached hydrogens (tertiary/aromatic N) is 3. The molecule has 0 atom stereocenters. The number of hydrogen-bond donors (Lipinski definition) is 2. The van der Waals surface area contributed by atoms with Crippen molar-refractivity contribution in [3.05, 3.63) is 54.0 Å². The maximum Gasteiger partial charge on any atom is 0.407 e. The Balaban J connectivity index is 1.37. The summed E-state index contributed by atoms with van der Waals surface area (Å²) in [4.78, 5) is 34.4. The Morgan fingerprint density at radius 2 is 1.85 bits per heavy atom. The molecular weight excluding hydrogens is 346 g/mol. The fourth-order valence-electron chi connectivity index (χ4n) is 2.76. The molecule has 1 aromatic carbocycles. The van der Waals surface area contributed by atoms with Crippen LogP contribution in [0.4, 0.5) is 10.6 Å². The Bertz CT molecular complexity index is 763. The van der Waals surface area contributed by atoms with Gasteiger partial charge in [-0.05, 0) is 24.5 Å². The summed E-state index contributed by atoms with van der Waals surface area (Å²) in [6.45, 7) is 2.20. The highest BCUT2D eigenvalue weighted by molar-refractivity contribution is 5.82. The van der Waals surface area contributed by atoms with Gasteiger partial charge < -0.3 is 20.3 Å². The number of amides is 2. The molecule has 1 aromatic heterocycles. The monoisotopic (exact) mass is 369 g/mol. The largest absolute Gasteiger partial charge is 0.445 e. The molecule has 1 aliphatic heterocycles. The number of nitrogens with one attached hydrogen (secondary N) is 2. The summed E-state index contributed by atoms with van der Waals surface area (Å²) in [7, 11) is 0. The Morgan fingerprint density at radius 1 is 1.07 bits per heavy atom. The second-order valence-corrected chi connectivity index (χ2v) is 6.22. The number of aromatic nitrogens is 2. The Kier molecular flexibility index (Phi) is 6.56. The van der Waals surface area contributed by atoms with E-state index < -0.39 is 6.09 Å². The number of benzene rings is 1. The van der Waals surface area contributed by atoms with E-state index in [1.165, 1.54) is 12.8 Å². The minimum Gasteiger partial charge on any atom is -0.445 e. The third-order valence-corrected chi connectivity index (χ3v) is 4.17. The van der Waals surface area contributed by atoms with E-state index in [0.29, 0.717) is 5.82 Å². The Labute approximate surface area is 158 Å². The van der Waals surface area contributed by atoms with Crippen molar-refractivity contribution in [2.45, 2.75) is 26.0 Å². The summed E-state index contributed by atoms with van der Waals surface area (Å²) in [6, 6.07) is 11.2. The molecular formula is C19H23N5O3. The highest BCUT2D eigenvalue weighted by Crippen LogP contribution is 2.16. The number of carbonyl (C=O) groups is 2. The minimum atomic E-state index is -0.638. The standard InChI is InChI=1S/C19H23N5O3/c25-18(13-22-19(26)27-14-15-6-2-1-3-7-15)21-12-16-20-9-8-17(23-16)24-10-4-5-11-24/h1-3,6-9H,4-5,10-14H2,(H,21,25)(H,22,26). The first-order valence-electron chi connectivity index (χ1n) is 8.99. The van der Waals surface area contributed by atoms with Gasteiger partial charge in [0.15, 0.2) is 0 Å². The first kappa shape index (κ1) is 18.6. The highest BCUT2D eigenvalue weighted by atomic mass is 16.5. The lowest BCUT2D eigenvalue weighted by molar-refractivity contribution is -0.120. The van der Waals surface area contributed by atoms with Gasteiger partial charge in [-0.2, -0.15) is 0 Å². The third kappa shape index (κ3) is 5.95. The van der Waals surface area contributed by atoms with Crippen molar-refractivity contribution in [2.24, 2.45) is 0 Å². The number of hydrogen-bond acceptors (Lipinski definition) is 6. The van der Waals surface area contributed by atoms with Crippen molar-refractivity contribution in [3.63, 3.8) is 0 Å². The molecule has 2 N–H and O–H groups in total. The predicted octanol–water partition coefficient (Wildman–Crippen LogP) is 1.62. The van der Waals surface area contributed by atoms with Crippen molar-refractivity contribution >= 4 is 17.8 Å². The van der Waals surface area contributed by atoms with Crippen LogP contribution in [-0.4, -0.2) is 41.6 Å². The topological polar surface area (TPSA) is 96.5 Å². The Hall–Kier alpha value is -3.16. The molecule has 0 aliphatic carbocycles. The van der Waals surface area contributed by atoms with Crippen molar-refractivity contribution in [3.8, 4) is 0 Å². The zero-order valence-electron chi connectivity index (χ0n) is 15.1. The quantitative estimate of drug-likeness (QED) is 0.770. The predicted molar refractivity (Wildman–Crippen MR) is 100.0 cm³/mol. The maximum absolute atomic E-state index is 11.9. The van der Waals surface area contributed by atoms with Crippen LogP contribution < -0.4 is 15.5 Å². The first-order valence-corrected chi connectivity index (χ1v) is 8.99. The van der Waals surface area contributed by atoms with E-state index in [-0.39, 0.29) is 25.6 Å². The van der Waals surface area contributed by atoms with Crippen molar-refractivity contribution in [1.29, 1.82) is 0 Å². The SMILES string of the molecule is O=C(CNC(=O)OCc1ccccc1)NCc1nccc(N2CCCC2)n1. The molecule has 1 fully saturated rings. The molecule has 1 aliphatic rings. The molecule has 8 nitrogen and oxygen atoms in total. The normalized spacial score (nSPS) is 13.3. The number of rotatable bonds is 7. The summed E-state index contributed by atoms with van der Waals surface area (Å²) in [5.74, 6) is 1.09. The fourth-order valence-corrected chi connectivity index (χ4v) is 2.76. The first-order chi connectivity index (χ1) is 13.2. The smallest absolute Gasteiger partial charge is 0.407 e. The van der Waals surface area contributed by atoms with Gasteiger partial charge in [0.25, 0.3) is 0 Å². The molecule has 2 aromatic rings. The zero-order valence-corrected chi connectivity index (χ0v) is 15.1. The molecule has 3 rings (SSSR count). The molecule has 2 amide bonds. The molecule has 0 saturated carbocycles. The summed E-state index contributed by atoms with van der Waals surface area (Å²) >= 11 is 0. The van der Waals surface area contributed by atoms with Crippen LogP contribution in [0.15, 0.2) is 42.6 Å². The van der Waals surface area contributed by atoms with Crippen LogP contribution in [0.2, 0.25) is 0 Å². The highest BCUT2D eigenvalue weighted by Gasteiger charge is 2.14. The average Bonchev–Trinajstić information content (AvgIpc) is 3.25. The lowest BCUT2D eigenvalue weighted by Gasteiger charge is -2.16. The van der Waals surface area contributed by atoms with E-state index in [9.17, 15) is 9.59 Å². The lowest BCUT2D eigenvalue weighted by atomic mass is 10.2. The van der Waals surface area contributed by atoms with Gasteiger partial charge in [-0.25, -0.2) is 14.8 Å². The number of ether oxygens (including phenoxy) is 1. The van der Waals surface area contributed by atoms with Crippen LogP contribution in [0, 0.1) is 0 Å². The van der Waals surface area contributed by atoms with Gasteiger partial charge >= 0.3 is 6.09 Å². The maximum atomic E-state index is 11.9. The van der Waals surface area contributed by atoms with E-state index in [4.69, 9.17) is 4.74 Å². The molecule has 0 radical (unpaired) electrons. The van der Waals surface area contributed by atoms with Gasteiger partial charge in [-0.1, -0.05) is 30.3 Å². The van der Waals surface area contributed by atoms with E-state index in [2.05, 4.69) is 25.5 Å². The second-order valence-electron chi connectivity index (χ2n) is 6.22. The van der Waals surface area contributed by atoms with Crippen LogP contribution in [0.1, 0.15) is 24.2 Å². The van der Waals surface area contributed by atoms with Gasteiger partial charge in [-0.3, -0.25) is 4.79 Å². The lowest BCUT2D eigenvalue weighted by Crippen LogP contribution is -2.37. The fraction of sp³-hybridized carbons (Fsp3) is 0.368. The van der Waals surface area contributed by atoms with Crippen LogP contribution in [0.25, 0.3) is 0 Å². The number of anilines is 1. The van der Waals surface area contributed by atoms with Crippen LogP contribution in [0.5, 0.6) is 0 Å². The number of carbonyl (C=O) groups excluding carboxylic acids is 2. The molecule has 0 unspecified atom stereocenters. The Morgan fingerprint density at radius 3 is 2.63 bits per heavy atom. The minimum absolute atomic E-state index is 0.158. The summed E-state index contributed by atoms with van der Waals surface area (Å²) in [5, 5.41) is 5.12. The van der Waals surface area contributed by atoms with Gasteiger partial charge in [0, 0.05) is 19.3 Å². The summed E-state index contributed by atoms with van der Waals surface area (Å²) in [6.07, 6.45) is 3.40. The van der Waals surface area contributed by atoms with Gasteiger partial charge in [-0.15, -0.1) is 0 Å². The molecule has 8 heteroatoms. The van der Waals surface area contributed by atoms with Crippen LogP contribution in [-0.2, 0) is 22.7 Å². The van der Waals surface area contributed by atoms with Gasteiger partial charge in [0.05, 0.1) is 6.54 Å². The average molecular weight is 369 g/mol. The molecule has 1 saturated heterocycles. The molecule has 0 spiro atoms. The van der Waals surface area contributed by atoms with E-state index in [0.717, 1.165) is 24.5 Å². The van der Waals surface area contributed by atoms with Gasteiger partial charge in [0.2, 0.25) is 5.91 Å². The van der Waals surface area contributed by atoms with Crippen molar-refractivity contribution < 1.29 is 14.3 Å². The van der Waals surface area contributed by atoms with Gasteiger partial charge in [0.1, 0.15) is 24.8 Å². The van der Waals surface area contributed by atoms with E-state index in [1.54, 1.807) is 6.20 Å². The van der Waals surface area contributed by atoms with Crippen LogP contribution >= 0.6 is 0 Å². The number of alkyl carbamates (subject to hydrolysis) is 1. The second kappa shape index (κ2) is 9.51. The van der Waals surface area contributed by atoms with E-state index >= 15 is 0 Å². The third-order valence-electron chi connectivity index (χ3n) is 4.17. The zero-order chi connectivity index (χ0) is 18.9.